The number of aliphatic hydroxyl groups excluding tert-OH is 11. The third-order valence-electron chi connectivity index (χ3n) is 16.4. The molecule has 93 heavy (non-hydrogen) atoms. The van der Waals surface area contributed by atoms with Gasteiger partial charge in [-0.1, -0.05) is 218 Å². The summed E-state index contributed by atoms with van der Waals surface area (Å²) in [6, 6.07) is -1.01. The van der Waals surface area contributed by atoms with Gasteiger partial charge in [-0.3, -0.25) is 4.79 Å². The molecule has 0 spiro atoms. The molecule has 0 saturated carbocycles. The molecular formula is C74H121NO18. The van der Waals surface area contributed by atoms with Crippen molar-refractivity contribution in [1.82, 2.24) is 5.32 Å². The van der Waals surface area contributed by atoms with Gasteiger partial charge in [0.15, 0.2) is 18.9 Å². The van der Waals surface area contributed by atoms with E-state index >= 15 is 0 Å². The van der Waals surface area contributed by atoms with E-state index in [0.717, 1.165) is 122 Å². The zero-order valence-electron chi connectivity index (χ0n) is 55.9. The minimum atomic E-state index is -1.99. The Labute approximate surface area is 556 Å². The molecule has 0 bridgehead atoms. The van der Waals surface area contributed by atoms with Crippen LogP contribution in [-0.4, -0.2) is 193 Å². The van der Waals surface area contributed by atoms with Crippen molar-refractivity contribution in [3.63, 3.8) is 0 Å². The Kier molecular flexibility index (Phi) is 48.3. The van der Waals surface area contributed by atoms with Crippen LogP contribution in [-0.2, 0) is 33.2 Å². The maximum atomic E-state index is 13.4. The third kappa shape index (κ3) is 35.7. The molecule has 3 fully saturated rings. The van der Waals surface area contributed by atoms with E-state index < -0.39 is 124 Å². The minimum Gasteiger partial charge on any atom is -0.394 e. The molecule has 0 aromatic heterocycles. The fourth-order valence-electron chi connectivity index (χ4n) is 10.8. The van der Waals surface area contributed by atoms with Crippen LogP contribution in [0.25, 0.3) is 0 Å². The molecule has 3 rings (SSSR count). The average Bonchev–Trinajstić information content (AvgIpc) is 0.842. The van der Waals surface area contributed by atoms with Gasteiger partial charge in [-0.05, 0) is 103 Å². The van der Waals surface area contributed by atoms with Gasteiger partial charge in [0.25, 0.3) is 0 Å². The lowest BCUT2D eigenvalue weighted by Crippen LogP contribution is -2.66. The summed E-state index contributed by atoms with van der Waals surface area (Å²) in [6.07, 6.45) is 48.6. The molecule has 17 atom stereocenters. The Morgan fingerprint density at radius 1 is 0.398 bits per heavy atom. The number of ether oxygens (including phenoxy) is 6. The average molecular weight is 1310 g/mol. The predicted octanol–water partition coefficient (Wildman–Crippen LogP) is 9.38. The summed E-state index contributed by atoms with van der Waals surface area (Å²) >= 11 is 0. The van der Waals surface area contributed by atoms with E-state index in [9.17, 15) is 61.0 Å². The molecule has 12 N–H and O–H groups in total. The van der Waals surface area contributed by atoms with Crippen LogP contribution in [0.4, 0.5) is 0 Å². The van der Waals surface area contributed by atoms with Gasteiger partial charge in [0, 0.05) is 6.42 Å². The zero-order valence-corrected chi connectivity index (χ0v) is 55.9. The smallest absolute Gasteiger partial charge is 0.220 e. The molecule has 0 radical (unpaired) electrons. The van der Waals surface area contributed by atoms with E-state index in [1.807, 2.05) is 6.08 Å². The van der Waals surface area contributed by atoms with Crippen LogP contribution in [0, 0.1) is 0 Å². The number of carbonyl (C=O) groups is 1. The van der Waals surface area contributed by atoms with Crippen molar-refractivity contribution < 1.29 is 89.4 Å². The molecule has 3 saturated heterocycles. The first-order chi connectivity index (χ1) is 45.3. The van der Waals surface area contributed by atoms with Gasteiger partial charge in [-0.15, -0.1) is 0 Å². The number of nitrogens with one attached hydrogen (secondary N) is 1. The Morgan fingerprint density at radius 2 is 0.753 bits per heavy atom. The Hall–Kier alpha value is -4.07. The van der Waals surface area contributed by atoms with Crippen LogP contribution in [0.3, 0.4) is 0 Å². The van der Waals surface area contributed by atoms with Crippen molar-refractivity contribution in [2.45, 2.75) is 298 Å². The number of amides is 1. The molecule has 19 nitrogen and oxygen atoms in total. The van der Waals surface area contributed by atoms with Gasteiger partial charge in [0.2, 0.25) is 5.91 Å². The monoisotopic (exact) mass is 1310 g/mol. The van der Waals surface area contributed by atoms with Crippen molar-refractivity contribution in [2.75, 3.05) is 26.4 Å². The molecule has 3 heterocycles. The van der Waals surface area contributed by atoms with Gasteiger partial charge in [-0.25, -0.2) is 0 Å². The lowest BCUT2D eigenvalue weighted by Gasteiger charge is -2.48. The van der Waals surface area contributed by atoms with E-state index in [-0.39, 0.29) is 18.9 Å². The number of rotatable bonds is 51. The SMILES string of the molecule is CC/C=C\C/C=C\C/C=C\C/C=C\C/C=C\C/C=C\C/C=C\C/C=C\C/C=C\CCCCCCCCCC(=O)NC(COC1OC(CO)C(OC2OC(CO)C(OC3OC(CO)C(O)C(O)C3O)C(O)C2O)C(O)C1O)C(O)/C=C/CC/C=C/CCCCCCCCC. The molecule has 17 unspecified atom stereocenters. The second-order valence-electron chi connectivity index (χ2n) is 24.2. The summed E-state index contributed by atoms with van der Waals surface area (Å²) in [5, 5.41) is 120. The highest BCUT2D eigenvalue weighted by molar-refractivity contribution is 5.76. The normalized spacial score (nSPS) is 28.4. The summed E-state index contributed by atoms with van der Waals surface area (Å²) in [5.41, 5.74) is 0. The minimum absolute atomic E-state index is 0.213. The highest BCUT2D eigenvalue weighted by atomic mass is 16.8. The molecule has 530 valence electrons. The fraction of sp³-hybridized carbons (Fsp3) is 0.689. The highest BCUT2D eigenvalue weighted by Gasteiger charge is 2.53. The van der Waals surface area contributed by atoms with Crippen LogP contribution in [0.2, 0.25) is 0 Å². The van der Waals surface area contributed by atoms with Crippen LogP contribution in [0.5, 0.6) is 0 Å². The van der Waals surface area contributed by atoms with Gasteiger partial charge in [0.1, 0.15) is 73.2 Å². The van der Waals surface area contributed by atoms with Crippen LogP contribution in [0.1, 0.15) is 194 Å². The number of unbranched alkanes of at least 4 members (excludes halogenated alkanes) is 15. The zero-order chi connectivity index (χ0) is 67.5. The molecule has 0 aromatic carbocycles. The summed E-state index contributed by atoms with van der Waals surface area (Å²) in [6.45, 7) is 1.54. The highest BCUT2D eigenvalue weighted by Crippen LogP contribution is 2.33. The van der Waals surface area contributed by atoms with Crippen molar-refractivity contribution in [1.29, 1.82) is 0 Å². The maximum absolute atomic E-state index is 13.4. The Morgan fingerprint density at radius 3 is 1.20 bits per heavy atom. The van der Waals surface area contributed by atoms with Crippen molar-refractivity contribution >= 4 is 5.91 Å². The number of carbonyl (C=O) groups excluding carboxylic acids is 1. The molecule has 19 heteroatoms. The van der Waals surface area contributed by atoms with Crippen LogP contribution < -0.4 is 5.32 Å². The first kappa shape index (κ1) is 83.2. The van der Waals surface area contributed by atoms with Gasteiger partial charge in [-0.2, -0.15) is 0 Å². The van der Waals surface area contributed by atoms with Crippen molar-refractivity contribution in [3.05, 3.63) is 134 Å². The van der Waals surface area contributed by atoms with Crippen molar-refractivity contribution in [3.8, 4) is 0 Å². The van der Waals surface area contributed by atoms with Gasteiger partial charge >= 0.3 is 0 Å². The summed E-state index contributed by atoms with van der Waals surface area (Å²) in [4.78, 5) is 13.4. The number of hydrogen-bond donors (Lipinski definition) is 12. The number of aliphatic hydroxyl groups is 11. The Balaban J connectivity index is 1.39. The molecule has 1 amide bonds. The van der Waals surface area contributed by atoms with Gasteiger partial charge < -0.3 is 89.9 Å². The molecule has 0 aromatic rings. The molecule has 0 aliphatic carbocycles. The molecule has 3 aliphatic heterocycles. The molecule has 3 aliphatic rings. The lowest BCUT2D eigenvalue weighted by atomic mass is 9.96. The standard InChI is InChI=1S/C74H121NO18/c1-3-5-7-9-11-13-15-17-18-19-20-21-22-23-24-25-26-27-28-29-30-31-32-33-34-35-36-37-38-40-42-44-46-48-50-52-62(80)75-57(58(79)51-49-47-45-43-41-39-16-14-12-10-8-6-4-2)56-88-72-68(86)65(83)70(60(54-77)90-72)93-74-69(87)66(84)71(61(55-78)91-74)92-73-67(85)64(82)63(81)59(53-76)89-73/h5,7,11,13,17-18,20-21,23-24,26-27,29-30,32-33,35-36,41,43,49,51,57-61,63-74,76-79,81-87H,3-4,6,8-10,12,14-16,19,22,25,28,31,34,37-40,42,44-48,50,52-56H2,1-2H3,(H,75,80)/b7-5-,13-11-,18-17-,21-20-,24-23-,27-26-,30-29-,33-32-,36-35-,43-41+,51-49+. The van der Waals surface area contributed by atoms with E-state index in [1.54, 1.807) is 6.08 Å². The van der Waals surface area contributed by atoms with Crippen LogP contribution in [0.15, 0.2) is 134 Å². The molecular weight excluding hydrogens is 1190 g/mol. The Bertz CT molecular complexity index is 2210. The fourth-order valence-corrected chi connectivity index (χ4v) is 10.8. The van der Waals surface area contributed by atoms with E-state index in [2.05, 4.69) is 141 Å². The second kappa shape index (κ2) is 54.0. The maximum Gasteiger partial charge on any atom is 0.220 e. The quantitative estimate of drug-likeness (QED) is 0.0199. The topological polar surface area (TPSA) is 307 Å². The first-order valence-electron chi connectivity index (χ1n) is 34.9. The third-order valence-corrected chi connectivity index (χ3v) is 16.4. The summed E-state index contributed by atoms with van der Waals surface area (Å²) < 4.78 is 34.3. The number of allylic oxidation sites excluding steroid dienone is 21. The van der Waals surface area contributed by atoms with E-state index in [0.29, 0.717) is 12.8 Å². The number of hydrogen-bond acceptors (Lipinski definition) is 18. The summed E-state index contributed by atoms with van der Waals surface area (Å²) in [7, 11) is 0. The predicted molar refractivity (Wildman–Crippen MR) is 364 cm³/mol. The largest absolute Gasteiger partial charge is 0.394 e. The van der Waals surface area contributed by atoms with Gasteiger partial charge in [0.05, 0.1) is 38.6 Å². The first-order valence-corrected chi connectivity index (χ1v) is 34.9. The lowest BCUT2D eigenvalue weighted by molar-refractivity contribution is -0.379. The van der Waals surface area contributed by atoms with E-state index in [4.69, 9.17) is 28.4 Å². The van der Waals surface area contributed by atoms with Crippen molar-refractivity contribution in [2.24, 2.45) is 0 Å². The second-order valence-corrected chi connectivity index (χ2v) is 24.2. The van der Waals surface area contributed by atoms with E-state index in [1.165, 1.54) is 38.5 Å². The van der Waals surface area contributed by atoms with Crippen LogP contribution >= 0.6 is 0 Å². The summed E-state index contributed by atoms with van der Waals surface area (Å²) in [5.74, 6) is -0.304.